The molecule has 0 radical (unpaired) electrons. The maximum atomic E-state index is 12.8. The molecule has 0 unspecified atom stereocenters. The number of nitrogens with one attached hydrogen (secondary N) is 1. The predicted octanol–water partition coefficient (Wildman–Crippen LogP) is 4.86. The third-order valence-corrected chi connectivity index (χ3v) is 5.37. The van der Waals surface area contributed by atoms with Crippen LogP contribution in [0, 0.1) is 18.3 Å². The summed E-state index contributed by atoms with van der Waals surface area (Å²) in [6.07, 6.45) is 6.75. The van der Waals surface area contributed by atoms with Gasteiger partial charge in [0.15, 0.2) is 0 Å². The monoisotopic (exact) mass is 463 g/mol. The maximum Gasteiger partial charge on any atom is 0.262 e. The fraction of sp³-hybridized carbons (Fsp3) is 0.143. The van der Waals surface area contributed by atoms with E-state index in [1.807, 2.05) is 80.7 Å². The standard InChI is InChI=1S/C28H25N5O2/c1-3-35-25-11-12-26(20(2)14-25)27-23(19-33(32-27)24-9-5-4-6-10-24)15-22(16-29)28(34)31-18-21-8-7-13-30-17-21/h4-15,17,19H,3,18H2,1-2H3,(H,31,34)/b22-15+. The third-order valence-electron chi connectivity index (χ3n) is 5.37. The number of nitrogens with zero attached hydrogens (tertiary/aromatic N) is 4. The topological polar surface area (TPSA) is 92.8 Å². The Kier molecular flexibility index (Phi) is 7.34. The van der Waals surface area contributed by atoms with Gasteiger partial charge in [-0.1, -0.05) is 24.3 Å². The lowest BCUT2D eigenvalue weighted by molar-refractivity contribution is -0.117. The first kappa shape index (κ1) is 23.5. The van der Waals surface area contributed by atoms with Gasteiger partial charge in [-0.25, -0.2) is 4.68 Å². The Labute approximate surface area is 204 Å². The molecule has 7 nitrogen and oxygen atoms in total. The van der Waals surface area contributed by atoms with E-state index < -0.39 is 5.91 Å². The molecule has 0 aliphatic rings. The van der Waals surface area contributed by atoms with Crippen LogP contribution in [0.5, 0.6) is 5.75 Å². The minimum atomic E-state index is -0.460. The molecule has 2 heterocycles. The zero-order chi connectivity index (χ0) is 24.6. The van der Waals surface area contributed by atoms with Crippen molar-refractivity contribution in [3.05, 3.63) is 102 Å². The molecular weight excluding hydrogens is 438 g/mol. The van der Waals surface area contributed by atoms with Crippen LogP contribution in [0.25, 0.3) is 23.0 Å². The van der Waals surface area contributed by atoms with E-state index >= 15 is 0 Å². The zero-order valence-electron chi connectivity index (χ0n) is 19.6. The van der Waals surface area contributed by atoms with Crippen molar-refractivity contribution in [3.8, 4) is 28.8 Å². The van der Waals surface area contributed by atoms with Crippen LogP contribution in [0.2, 0.25) is 0 Å². The number of aryl methyl sites for hydroxylation is 1. The second-order valence-electron chi connectivity index (χ2n) is 7.84. The lowest BCUT2D eigenvalue weighted by Crippen LogP contribution is -2.24. The zero-order valence-corrected chi connectivity index (χ0v) is 19.6. The molecule has 0 aliphatic carbocycles. The first-order chi connectivity index (χ1) is 17.1. The Hall–Kier alpha value is -4.70. The number of carbonyl (C=O) groups excluding carboxylic acids is 1. The van der Waals surface area contributed by atoms with E-state index in [0.29, 0.717) is 17.9 Å². The van der Waals surface area contributed by atoms with Crippen LogP contribution >= 0.6 is 0 Å². The number of para-hydroxylation sites is 1. The molecule has 0 saturated heterocycles. The predicted molar refractivity (Wildman–Crippen MR) is 135 cm³/mol. The van der Waals surface area contributed by atoms with Crippen LogP contribution in [-0.2, 0) is 11.3 Å². The van der Waals surface area contributed by atoms with Crippen LogP contribution < -0.4 is 10.1 Å². The Balaban J connectivity index is 1.72. The van der Waals surface area contributed by atoms with Gasteiger partial charge in [-0.2, -0.15) is 10.4 Å². The van der Waals surface area contributed by atoms with E-state index in [2.05, 4.69) is 10.3 Å². The number of pyridine rings is 1. The van der Waals surface area contributed by atoms with E-state index in [4.69, 9.17) is 9.84 Å². The van der Waals surface area contributed by atoms with Crippen molar-refractivity contribution in [1.82, 2.24) is 20.1 Å². The van der Waals surface area contributed by atoms with Crippen molar-refractivity contribution in [2.24, 2.45) is 0 Å². The molecule has 1 amide bonds. The molecule has 4 rings (SSSR count). The Morgan fingerprint density at radius 2 is 2.00 bits per heavy atom. The number of nitriles is 1. The molecule has 4 aromatic rings. The van der Waals surface area contributed by atoms with Gasteiger partial charge < -0.3 is 10.1 Å². The molecule has 35 heavy (non-hydrogen) atoms. The molecule has 0 fully saturated rings. The number of aromatic nitrogens is 3. The van der Waals surface area contributed by atoms with Crippen LogP contribution in [0.15, 0.2) is 84.8 Å². The summed E-state index contributed by atoms with van der Waals surface area (Å²) in [6.45, 7) is 4.78. The first-order valence-electron chi connectivity index (χ1n) is 11.3. The molecule has 2 aromatic heterocycles. The highest BCUT2D eigenvalue weighted by Gasteiger charge is 2.17. The number of rotatable bonds is 8. The highest BCUT2D eigenvalue weighted by atomic mass is 16.5. The van der Waals surface area contributed by atoms with Gasteiger partial charge in [0.05, 0.1) is 12.3 Å². The number of benzene rings is 2. The highest BCUT2D eigenvalue weighted by Crippen LogP contribution is 2.30. The largest absolute Gasteiger partial charge is 0.494 e. The quantitative estimate of drug-likeness (QED) is 0.297. The van der Waals surface area contributed by atoms with Crippen molar-refractivity contribution in [3.63, 3.8) is 0 Å². The fourth-order valence-electron chi connectivity index (χ4n) is 3.66. The number of carbonyl (C=O) groups is 1. The summed E-state index contributed by atoms with van der Waals surface area (Å²) in [4.78, 5) is 16.8. The minimum absolute atomic E-state index is 0.00802. The van der Waals surface area contributed by atoms with Crippen molar-refractivity contribution in [2.75, 3.05) is 6.61 Å². The molecule has 0 bridgehead atoms. The average molecular weight is 464 g/mol. The van der Waals surface area contributed by atoms with Crippen molar-refractivity contribution >= 4 is 12.0 Å². The van der Waals surface area contributed by atoms with Crippen molar-refractivity contribution in [2.45, 2.75) is 20.4 Å². The molecule has 7 heteroatoms. The van der Waals surface area contributed by atoms with E-state index in [1.54, 1.807) is 29.2 Å². The molecule has 0 aliphatic heterocycles. The Morgan fingerprint density at radius 3 is 2.69 bits per heavy atom. The fourth-order valence-corrected chi connectivity index (χ4v) is 3.66. The number of hydrogen-bond donors (Lipinski definition) is 1. The Bertz CT molecular complexity index is 1390. The summed E-state index contributed by atoms with van der Waals surface area (Å²) in [5.41, 5.74) is 4.91. The van der Waals surface area contributed by atoms with Gasteiger partial charge in [0.2, 0.25) is 0 Å². The van der Waals surface area contributed by atoms with Gasteiger partial charge in [0.25, 0.3) is 5.91 Å². The van der Waals surface area contributed by atoms with E-state index in [0.717, 1.165) is 28.1 Å². The highest BCUT2D eigenvalue weighted by molar-refractivity contribution is 6.02. The first-order valence-corrected chi connectivity index (χ1v) is 11.3. The molecule has 0 atom stereocenters. The van der Waals surface area contributed by atoms with E-state index in [-0.39, 0.29) is 12.1 Å². The summed E-state index contributed by atoms with van der Waals surface area (Å²) >= 11 is 0. The van der Waals surface area contributed by atoms with Crippen LogP contribution in [-0.4, -0.2) is 27.3 Å². The summed E-state index contributed by atoms with van der Waals surface area (Å²) in [7, 11) is 0. The van der Waals surface area contributed by atoms with E-state index in [9.17, 15) is 10.1 Å². The van der Waals surface area contributed by atoms with E-state index in [1.165, 1.54) is 0 Å². The number of amides is 1. The summed E-state index contributed by atoms with van der Waals surface area (Å²) in [5.74, 6) is 0.319. The second kappa shape index (κ2) is 10.9. The molecule has 174 valence electrons. The number of ether oxygens (including phenoxy) is 1. The lowest BCUT2D eigenvalue weighted by atomic mass is 10.0. The van der Waals surface area contributed by atoms with Gasteiger partial charge in [0, 0.05) is 36.3 Å². The normalized spacial score (nSPS) is 11.1. The summed E-state index contributed by atoms with van der Waals surface area (Å²) in [5, 5.41) is 17.4. The average Bonchev–Trinajstić information content (AvgIpc) is 3.31. The summed E-state index contributed by atoms with van der Waals surface area (Å²) < 4.78 is 7.37. The lowest BCUT2D eigenvalue weighted by Gasteiger charge is -2.09. The molecule has 0 spiro atoms. The Morgan fingerprint density at radius 1 is 1.17 bits per heavy atom. The molecule has 1 N–H and O–H groups in total. The molecule has 2 aromatic carbocycles. The third kappa shape index (κ3) is 5.63. The van der Waals surface area contributed by atoms with Crippen LogP contribution in [0.4, 0.5) is 0 Å². The van der Waals surface area contributed by atoms with Crippen LogP contribution in [0.1, 0.15) is 23.6 Å². The smallest absolute Gasteiger partial charge is 0.262 e. The van der Waals surface area contributed by atoms with Crippen molar-refractivity contribution < 1.29 is 9.53 Å². The van der Waals surface area contributed by atoms with Gasteiger partial charge in [-0.15, -0.1) is 0 Å². The molecule has 0 saturated carbocycles. The van der Waals surface area contributed by atoms with Gasteiger partial charge in [-0.3, -0.25) is 9.78 Å². The summed E-state index contributed by atoms with van der Waals surface area (Å²) in [6, 6.07) is 21.2. The minimum Gasteiger partial charge on any atom is -0.494 e. The number of hydrogen-bond acceptors (Lipinski definition) is 5. The van der Waals surface area contributed by atoms with Crippen LogP contribution in [0.3, 0.4) is 0 Å². The van der Waals surface area contributed by atoms with Gasteiger partial charge >= 0.3 is 0 Å². The van der Waals surface area contributed by atoms with Gasteiger partial charge in [0.1, 0.15) is 23.1 Å². The second-order valence-corrected chi connectivity index (χ2v) is 7.84. The maximum absolute atomic E-state index is 12.8. The van der Waals surface area contributed by atoms with Gasteiger partial charge in [-0.05, 0) is 67.4 Å². The van der Waals surface area contributed by atoms with Crippen molar-refractivity contribution in [1.29, 1.82) is 5.26 Å². The molecular formula is C28H25N5O2. The SMILES string of the molecule is CCOc1ccc(-c2nn(-c3ccccc3)cc2/C=C(\C#N)C(=O)NCc2cccnc2)c(C)c1.